The summed E-state index contributed by atoms with van der Waals surface area (Å²) < 4.78 is 56.8. The molecule has 0 bridgehead atoms. The lowest BCUT2D eigenvalue weighted by Crippen LogP contribution is -2.35. The molecule has 0 heterocycles. The lowest BCUT2D eigenvalue weighted by Gasteiger charge is -2.07. The van der Waals surface area contributed by atoms with Crippen LogP contribution in [0.1, 0.15) is 26.2 Å². The molecule has 0 aliphatic carbocycles. The van der Waals surface area contributed by atoms with Crippen molar-refractivity contribution in [3.05, 3.63) is 0 Å². The summed E-state index contributed by atoms with van der Waals surface area (Å²) in [5.41, 5.74) is 0. The molecule has 0 spiro atoms. The SMILES string of the molecule is CCCCCS(=O)(=O)NOC(=O)C(F)(F)F. The highest BCUT2D eigenvalue weighted by Gasteiger charge is 2.42. The zero-order valence-electron chi connectivity index (χ0n) is 8.50. The minimum absolute atomic E-state index is 0.287. The second-order valence-electron chi connectivity index (χ2n) is 3.00. The molecule has 16 heavy (non-hydrogen) atoms. The maximum absolute atomic E-state index is 11.6. The molecule has 0 rings (SSSR count). The molecule has 0 atom stereocenters. The van der Waals surface area contributed by atoms with Crippen LogP contribution in [0.4, 0.5) is 13.2 Å². The van der Waals surface area contributed by atoms with E-state index < -0.39 is 22.2 Å². The topological polar surface area (TPSA) is 72.5 Å². The molecular weight excluding hydrogens is 251 g/mol. The molecule has 0 aliphatic heterocycles. The summed E-state index contributed by atoms with van der Waals surface area (Å²) in [5, 5.41) is 0. The summed E-state index contributed by atoms with van der Waals surface area (Å²) in [6, 6.07) is 0. The molecule has 0 aromatic carbocycles. The second kappa shape index (κ2) is 6.04. The highest BCUT2D eigenvalue weighted by Crippen LogP contribution is 2.15. The number of carbonyl (C=O) groups is 1. The standard InChI is InChI=1S/C7H12F3NO4S/c1-2-3-4-5-16(13,14)11-15-6(12)7(8,9)10/h11H,2-5H2,1H3. The fraction of sp³-hybridized carbons (Fsp3) is 0.857. The van der Waals surface area contributed by atoms with Gasteiger partial charge in [0.2, 0.25) is 10.0 Å². The molecule has 0 saturated heterocycles. The Bertz CT molecular complexity index is 325. The quantitative estimate of drug-likeness (QED) is 0.575. The van der Waals surface area contributed by atoms with Gasteiger partial charge in [-0.1, -0.05) is 19.8 Å². The van der Waals surface area contributed by atoms with Crippen LogP contribution < -0.4 is 4.89 Å². The van der Waals surface area contributed by atoms with Crippen LogP contribution in [-0.2, 0) is 19.7 Å². The zero-order valence-corrected chi connectivity index (χ0v) is 9.32. The lowest BCUT2D eigenvalue weighted by atomic mass is 10.3. The van der Waals surface area contributed by atoms with Crippen LogP contribution in [0.5, 0.6) is 0 Å². The van der Waals surface area contributed by atoms with Gasteiger partial charge in [-0.2, -0.15) is 13.2 Å². The average Bonchev–Trinajstić information content (AvgIpc) is 2.13. The van der Waals surface area contributed by atoms with Gasteiger partial charge in [-0.25, -0.2) is 13.2 Å². The number of hydrogen-bond acceptors (Lipinski definition) is 4. The molecule has 0 aromatic rings. The number of alkyl halides is 3. The number of carbonyl (C=O) groups excluding carboxylic acids is 1. The minimum atomic E-state index is -5.22. The molecule has 9 heteroatoms. The zero-order chi connectivity index (χ0) is 12.8. The lowest BCUT2D eigenvalue weighted by molar-refractivity contribution is -0.203. The first kappa shape index (κ1) is 15.2. The van der Waals surface area contributed by atoms with Gasteiger partial charge in [0.05, 0.1) is 5.75 Å². The summed E-state index contributed by atoms with van der Waals surface area (Å²) in [6.07, 6.45) is -3.55. The van der Waals surface area contributed by atoms with Crippen LogP contribution in [0.3, 0.4) is 0 Å². The van der Waals surface area contributed by atoms with Crippen LogP contribution in [0.25, 0.3) is 0 Å². The van der Waals surface area contributed by atoms with Gasteiger partial charge in [-0.05, 0) is 11.3 Å². The Labute approximate surface area is 91.0 Å². The Kier molecular flexibility index (Phi) is 5.73. The van der Waals surface area contributed by atoms with Gasteiger partial charge in [0.1, 0.15) is 0 Å². The van der Waals surface area contributed by atoms with Gasteiger partial charge >= 0.3 is 12.1 Å². The molecule has 0 unspecified atom stereocenters. The predicted octanol–water partition coefficient (Wildman–Crippen LogP) is 1.12. The van der Waals surface area contributed by atoms with Crippen LogP contribution in [0.2, 0.25) is 0 Å². The summed E-state index contributed by atoms with van der Waals surface area (Å²) in [4.78, 5) is 14.7. The highest BCUT2D eigenvalue weighted by molar-refractivity contribution is 7.89. The molecule has 96 valence electrons. The van der Waals surface area contributed by atoms with Gasteiger partial charge in [0.15, 0.2) is 0 Å². The second-order valence-corrected chi connectivity index (χ2v) is 4.80. The van der Waals surface area contributed by atoms with E-state index in [9.17, 15) is 26.4 Å². The van der Waals surface area contributed by atoms with Crippen molar-refractivity contribution in [1.29, 1.82) is 0 Å². The van der Waals surface area contributed by atoms with E-state index in [-0.39, 0.29) is 12.2 Å². The summed E-state index contributed by atoms with van der Waals surface area (Å²) in [6.45, 7) is 1.84. The van der Waals surface area contributed by atoms with E-state index in [2.05, 4.69) is 4.84 Å². The van der Waals surface area contributed by atoms with Crippen molar-refractivity contribution in [2.24, 2.45) is 0 Å². The smallest absolute Gasteiger partial charge is 0.348 e. The number of unbranched alkanes of at least 4 members (excludes halogenated alkanes) is 2. The van der Waals surface area contributed by atoms with Crippen molar-refractivity contribution in [3.63, 3.8) is 0 Å². The van der Waals surface area contributed by atoms with E-state index >= 15 is 0 Å². The molecule has 0 aliphatic rings. The molecule has 0 aromatic heterocycles. The van der Waals surface area contributed by atoms with Gasteiger partial charge < -0.3 is 4.84 Å². The molecule has 5 nitrogen and oxygen atoms in total. The van der Waals surface area contributed by atoms with E-state index in [1.54, 1.807) is 0 Å². The van der Waals surface area contributed by atoms with Gasteiger partial charge in [0.25, 0.3) is 0 Å². The van der Waals surface area contributed by atoms with Crippen LogP contribution in [-0.4, -0.2) is 26.3 Å². The van der Waals surface area contributed by atoms with Crippen molar-refractivity contribution < 1.29 is 31.2 Å². The highest BCUT2D eigenvalue weighted by atomic mass is 32.2. The van der Waals surface area contributed by atoms with Crippen molar-refractivity contribution in [2.75, 3.05) is 5.75 Å². The number of hydrogen-bond donors (Lipinski definition) is 1. The molecule has 0 fully saturated rings. The first-order valence-electron chi connectivity index (χ1n) is 4.46. The van der Waals surface area contributed by atoms with E-state index in [0.717, 1.165) is 11.3 Å². The first-order chi connectivity index (χ1) is 7.19. The fourth-order valence-electron chi connectivity index (χ4n) is 0.743. The maximum atomic E-state index is 11.6. The Hall–Kier alpha value is -0.830. The van der Waals surface area contributed by atoms with E-state index in [1.165, 1.54) is 0 Å². The van der Waals surface area contributed by atoms with Crippen molar-refractivity contribution in [3.8, 4) is 0 Å². The number of halogens is 3. The average molecular weight is 263 g/mol. The Morgan fingerprint density at radius 1 is 1.31 bits per heavy atom. The van der Waals surface area contributed by atoms with Gasteiger partial charge in [-0.15, -0.1) is 0 Å². The number of rotatable bonds is 6. The third-order valence-electron chi connectivity index (χ3n) is 1.51. The van der Waals surface area contributed by atoms with Crippen LogP contribution in [0, 0.1) is 0 Å². The maximum Gasteiger partial charge on any atom is 0.492 e. The van der Waals surface area contributed by atoms with Gasteiger partial charge in [-0.3, -0.25) is 0 Å². The normalized spacial score (nSPS) is 12.5. The molecular formula is C7H12F3NO4S. The molecule has 1 N–H and O–H groups in total. The molecule has 0 amide bonds. The van der Waals surface area contributed by atoms with Gasteiger partial charge in [0, 0.05) is 0 Å². The summed E-state index contributed by atoms with van der Waals surface area (Å²) >= 11 is 0. The van der Waals surface area contributed by atoms with Crippen molar-refractivity contribution >= 4 is 16.0 Å². The Morgan fingerprint density at radius 3 is 2.31 bits per heavy atom. The van der Waals surface area contributed by atoms with Crippen molar-refractivity contribution in [2.45, 2.75) is 32.4 Å². The van der Waals surface area contributed by atoms with Crippen LogP contribution in [0.15, 0.2) is 0 Å². The Balaban J connectivity index is 4.05. The van der Waals surface area contributed by atoms with Crippen LogP contribution >= 0.6 is 0 Å². The van der Waals surface area contributed by atoms with E-state index in [1.807, 2.05) is 6.92 Å². The monoisotopic (exact) mass is 263 g/mol. The summed E-state index contributed by atoms with van der Waals surface area (Å²) in [5.74, 6) is -2.97. The largest absolute Gasteiger partial charge is 0.492 e. The summed E-state index contributed by atoms with van der Waals surface area (Å²) in [7, 11) is -4.00. The fourth-order valence-corrected chi connectivity index (χ4v) is 1.61. The Morgan fingerprint density at radius 2 is 1.88 bits per heavy atom. The number of sulfonamides is 1. The van der Waals surface area contributed by atoms with Crippen molar-refractivity contribution in [1.82, 2.24) is 4.89 Å². The molecule has 0 saturated carbocycles. The third-order valence-corrected chi connectivity index (χ3v) is 2.67. The van der Waals surface area contributed by atoms with E-state index in [0.29, 0.717) is 6.42 Å². The van der Waals surface area contributed by atoms with E-state index in [4.69, 9.17) is 0 Å². The first-order valence-corrected chi connectivity index (χ1v) is 6.11. The third kappa shape index (κ3) is 6.62. The predicted molar refractivity (Wildman–Crippen MR) is 48.6 cm³/mol. The molecule has 0 radical (unpaired) electrons. The minimum Gasteiger partial charge on any atom is -0.348 e. The number of nitrogens with one attached hydrogen (secondary N) is 1.